The minimum atomic E-state index is -0.709. The lowest BCUT2D eigenvalue weighted by atomic mass is 10.1. The molecular weight excluding hydrogens is 252 g/mol. The average Bonchev–Trinajstić information content (AvgIpc) is 2.46. The van der Waals surface area contributed by atoms with Gasteiger partial charge in [0.05, 0.1) is 6.10 Å². The maximum Gasteiger partial charge on any atom is 0.319 e. The molecule has 2 rings (SSSR count). The standard InChI is InChI=1S/C16H18N2O2/c1-12-6-5-9-14(10-12)18-16(20)17-11-15(19)13-7-3-2-4-8-13/h2-10,15,19H,11H2,1H3,(H2,17,18,20). The molecule has 0 aliphatic heterocycles. The molecule has 2 amide bonds. The van der Waals surface area contributed by atoms with Gasteiger partial charge in [-0.05, 0) is 30.2 Å². The number of rotatable bonds is 4. The van der Waals surface area contributed by atoms with Gasteiger partial charge in [-0.3, -0.25) is 0 Å². The Kier molecular flexibility index (Phi) is 4.74. The van der Waals surface area contributed by atoms with E-state index in [9.17, 15) is 9.90 Å². The molecule has 0 spiro atoms. The van der Waals surface area contributed by atoms with Crippen LogP contribution in [0.25, 0.3) is 0 Å². The lowest BCUT2D eigenvalue weighted by molar-refractivity contribution is 0.175. The molecule has 2 aromatic rings. The van der Waals surface area contributed by atoms with Crippen molar-refractivity contribution < 1.29 is 9.90 Å². The average molecular weight is 270 g/mol. The summed E-state index contributed by atoms with van der Waals surface area (Å²) < 4.78 is 0. The SMILES string of the molecule is Cc1cccc(NC(=O)NCC(O)c2ccccc2)c1. The fourth-order valence-electron chi connectivity index (χ4n) is 1.88. The number of hydrogen-bond donors (Lipinski definition) is 3. The summed E-state index contributed by atoms with van der Waals surface area (Å²) in [5.74, 6) is 0. The predicted molar refractivity (Wildman–Crippen MR) is 79.6 cm³/mol. The zero-order valence-corrected chi connectivity index (χ0v) is 11.3. The van der Waals surface area contributed by atoms with Crippen LogP contribution in [0.2, 0.25) is 0 Å². The number of carbonyl (C=O) groups is 1. The third kappa shape index (κ3) is 4.10. The van der Waals surface area contributed by atoms with Gasteiger partial charge in [-0.15, -0.1) is 0 Å². The van der Waals surface area contributed by atoms with Crippen molar-refractivity contribution in [2.45, 2.75) is 13.0 Å². The van der Waals surface area contributed by atoms with Crippen LogP contribution in [0.3, 0.4) is 0 Å². The van der Waals surface area contributed by atoms with Crippen LogP contribution in [0, 0.1) is 6.92 Å². The first-order valence-corrected chi connectivity index (χ1v) is 6.49. The first-order chi connectivity index (χ1) is 9.65. The lowest BCUT2D eigenvalue weighted by Crippen LogP contribution is -2.32. The lowest BCUT2D eigenvalue weighted by Gasteiger charge is -2.13. The van der Waals surface area contributed by atoms with E-state index in [2.05, 4.69) is 10.6 Å². The van der Waals surface area contributed by atoms with E-state index in [0.29, 0.717) is 0 Å². The topological polar surface area (TPSA) is 61.4 Å². The summed E-state index contributed by atoms with van der Waals surface area (Å²) >= 11 is 0. The minimum absolute atomic E-state index is 0.168. The number of carbonyl (C=O) groups excluding carboxylic acids is 1. The molecule has 4 heteroatoms. The molecular formula is C16H18N2O2. The summed E-state index contributed by atoms with van der Waals surface area (Å²) in [5, 5.41) is 15.3. The summed E-state index contributed by atoms with van der Waals surface area (Å²) in [7, 11) is 0. The van der Waals surface area contributed by atoms with Crippen LogP contribution in [0.15, 0.2) is 54.6 Å². The second-order valence-corrected chi connectivity index (χ2v) is 4.63. The second kappa shape index (κ2) is 6.73. The fraction of sp³-hybridized carbons (Fsp3) is 0.188. The van der Waals surface area contributed by atoms with Gasteiger partial charge in [0.15, 0.2) is 0 Å². The van der Waals surface area contributed by atoms with Crippen LogP contribution in [-0.4, -0.2) is 17.7 Å². The van der Waals surface area contributed by atoms with Crippen molar-refractivity contribution in [2.75, 3.05) is 11.9 Å². The number of aliphatic hydroxyl groups excluding tert-OH is 1. The van der Waals surface area contributed by atoms with E-state index in [1.165, 1.54) is 0 Å². The highest BCUT2D eigenvalue weighted by Gasteiger charge is 2.08. The van der Waals surface area contributed by atoms with Gasteiger partial charge in [-0.25, -0.2) is 4.79 Å². The zero-order valence-electron chi connectivity index (χ0n) is 11.3. The van der Waals surface area contributed by atoms with E-state index >= 15 is 0 Å². The van der Waals surface area contributed by atoms with Gasteiger partial charge in [0, 0.05) is 12.2 Å². The van der Waals surface area contributed by atoms with E-state index in [4.69, 9.17) is 0 Å². The molecule has 1 atom stereocenters. The van der Waals surface area contributed by atoms with Gasteiger partial charge in [0.2, 0.25) is 0 Å². The molecule has 0 saturated carbocycles. The van der Waals surface area contributed by atoms with E-state index in [1.54, 1.807) is 0 Å². The Morgan fingerprint density at radius 3 is 2.60 bits per heavy atom. The Hall–Kier alpha value is -2.33. The Labute approximate surface area is 118 Å². The van der Waals surface area contributed by atoms with Crippen molar-refractivity contribution in [1.29, 1.82) is 0 Å². The molecule has 2 aromatic carbocycles. The predicted octanol–water partition coefficient (Wildman–Crippen LogP) is 2.85. The number of aryl methyl sites for hydroxylation is 1. The van der Waals surface area contributed by atoms with Crippen LogP contribution in [0.5, 0.6) is 0 Å². The van der Waals surface area contributed by atoms with Crippen molar-refractivity contribution in [2.24, 2.45) is 0 Å². The van der Waals surface area contributed by atoms with Crippen LogP contribution in [0.4, 0.5) is 10.5 Å². The summed E-state index contributed by atoms with van der Waals surface area (Å²) in [4.78, 5) is 11.7. The highest BCUT2D eigenvalue weighted by atomic mass is 16.3. The molecule has 0 aliphatic carbocycles. The van der Waals surface area contributed by atoms with E-state index in [-0.39, 0.29) is 12.6 Å². The van der Waals surface area contributed by atoms with E-state index < -0.39 is 6.10 Å². The number of nitrogens with one attached hydrogen (secondary N) is 2. The van der Waals surface area contributed by atoms with Gasteiger partial charge in [-0.2, -0.15) is 0 Å². The molecule has 0 aromatic heterocycles. The smallest absolute Gasteiger partial charge is 0.319 e. The fourth-order valence-corrected chi connectivity index (χ4v) is 1.88. The summed E-state index contributed by atoms with van der Waals surface area (Å²) in [5.41, 5.74) is 2.59. The molecule has 0 heterocycles. The van der Waals surface area contributed by atoms with Gasteiger partial charge >= 0.3 is 6.03 Å². The minimum Gasteiger partial charge on any atom is -0.387 e. The molecule has 1 unspecified atom stereocenters. The number of aliphatic hydroxyl groups is 1. The van der Waals surface area contributed by atoms with Crippen LogP contribution in [0.1, 0.15) is 17.2 Å². The quantitative estimate of drug-likeness (QED) is 0.800. The largest absolute Gasteiger partial charge is 0.387 e. The highest BCUT2D eigenvalue weighted by Crippen LogP contribution is 2.11. The van der Waals surface area contributed by atoms with Gasteiger partial charge in [0.25, 0.3) is 0 Å². The maximum atomic E-state index is 11.7. The van der Waals surface area contributed by atoms with E-state index in [0.717, 1.165) is 16.8 Å². The summed E-state index contributed by atoms with van der Waals surface area (Å²) in [6.07, 6.45) is -0.709. The van der Waals surface area contributed by atoms with Crippen molar-refractivity contribution in [3.63, 3.8) is 0 Å². The number of hydrogen-bond acceptors (Lipinski definition) is 2. The third-order valence-corrected chi connectivity index (χ3v) is 2.92. The maximum absolute atomic E-state index is 11.7. The van der Waals surface area contributed by atoms with E-state index in [1.807, 2.05) is 61.5 Å². The van der Waals surface area contributed by atoms with Crippen molar-refractivity contribution >= 4 is 11.7 Å². The molecule has 104 valence electrons. The third-order valence-electron chi connectivity index (χ3n) is 2.92. The van der Waals surface area contributed by atoms with Crippen LogP contribution >= 0.6 is 0 Å². The van der Waals surface area contributed by atoms with Crippen LogP contribution in [-0.2, 0) is 0 Å². The molecule has 0 saturated heterocycles. The Balaban J connectivity index is 1.83. The molecule has 0 aliphatic rings. The number of urea groups is 1. The van der Waals surface area contributed by atoms with Gasteiger partial charge < -0.3 is 15.7 Å². The van der Waals surface area contributed by atoms with Crippen LogP contribution < -0.4 is 10.6 Å². The number of amides is 2. The molecule has 4 nitrogen and oxygen atoms in total. The first kappa shape index (κ1) is 14.1. The Morgan fingerprint density at radius 1 is 1.15 bits per heavy atom. The molecule has 0 bridgehead atoms. The normalized spacial score (nSPS) is 11.7. The molecule has 20 heavy (non-hydrogen) atoms. The van der Waals surface area contributed by atoms with Gasteiger partial charge in [-0.1, -0.05) is 42.5 Å². The zero-order chi connectivity index (χ0) is 14.4. The van der Waals surface area contributed by atoms with Crippen molar-refractivity contribution in [1.82, 2.24) is 5.32 Å². The van der Waals surface area contributed by atoms with Gasteiger partial charge in [0.1, 0.15) is 0 Å². The van der Waals surface area contributed by atoms with Crippen molar-refractivity contribution in [3.05, 3.63) is 65.7 Å². The number of anilines is 1. The molecule has 0 radical (unpaired) electrons. The summed E-state index contributed by atoms with van der Waals surface area (Å²) in [6.45, 7) is 2.13. The monoisotopic (exact) mass is 270 g/mol. The first-order valence-electron chi connectivity index (χ1n) is 6.49. The second-order valence-electron chi connectivity index (χ2n) is 4.63. The Morgan fingerprint density at radius 2 is 1.90 bits per heavy atom. The summed E-state index contributed by atoms with van der Waals surface area (Å²) in [6, 6.07) is 16.4. The highest BCUT2D eigenvalue weighted by molar-refractivity contribution is 5.89. The van der Waals surface area contributed by atoms with Crippen molar-refractivity contribution in [3.8, 4) is 0 Å². The number of benzene rings is 2. The molecule has 3 N–H and O–H groups in total. The Bertz CT molecular complexity index is 570. The molecule has 0 fully saturated rings.